The molecule has 1 saturated heterocycles. The number of rotatable bonds is 8. The van der Waals surface area contributed by atoms with Gasteiger partial charge in [0.2, 0.25) is 0 Å². The standard InChI is InChI=1S/C30H27N5O3S.ClH/c36-28(33-24-10-5-4-9-23(24)29-34-25-11-6-12-31-30(25)39-29)27-20-22(38-18-15-35-13-16-37-17-14-35)19-26(32-27)21-7-2-1-3-8-21;/h1-12,19-20H,13-18H2,(H,33,36);1H. The Kier molecular flexibility index (Phi) is 8.98. The number of carbonyl (C=O) groups excluding carboxylic acids is 1. The summed E-state index contributed by atoms with van der Waals surface area (Å²) in [6, 6.07) is 24.8. The van der Waals surface area contributed by atoms with Crippen molar-refractivity contribution >= 4 is 45.7 Å². The highest BCUT2D eigenvalue weighted by Gasteiger charge is 2.17. The van der Waals surface area contributed by atoms with Crippen LogP contribution in [0.4, 0.5) is 5.69 Å². The number of carbonyl (C=O) groups is 1. The number of anilines is 1. The summed E-state index contributed by atoms with van der Waals surface area (Å²) in [5, 5.41) is 3.84. The Labute approximate surface area is 242 Å². The minimum atomic E-state index is -0.322. The summed E-state index contributed by atoms with van der Waals surface area (Å²) in [6.45, 7) is 4.57. The Balaban J connectivity index is 0.00000323. The summed E-state index contributed by atoms with van der Waals surface area (Å²) in [5.41, 5.74) is 4.18. The van der Waals surface area contributed by atoms with Crippen LogP contribution in [0.5, 0.6) is 5.75 Å². The van der Waals surface area contributed by atoms with E-state index in [0.717, 1.165) is 59.3 Å². The molecule has 6 rings (SSSR count). The highest BCUT2D eigenvalue weighted by atomic mass is 35.5. The highest BCUT2D eigenvalue weighted by molar-refractivity contribution is 7.21. The van der Waals surface area contributed by atoms with Gasteiger partial charge in [-0.15, -0.1) is 12.4 Å². The van der Waals surface area contributed by atoms with Crippen LogP contribution in [0.1, 0.15) is 10.5 Å². The number of benzene rings is 2. The smallest absolute Gasteiger partial charge is 0.274 e. The number of morpholine rings is 1. The van der Waals surface area contributed by atoms with Gasteiger partial charge in [0.15, 0.2) is 0 Å². The molecule has 40 heavy (non-hydrogen) atoms. The quantitative estimate of drug-likeness (QED) is 0.251. The molecule has 1 N–H and O–H groups in total. The fourth-order valence-corrected chi connectivity index (χ4v) is 5.38. The second kappa shape index (κ2) is 13.0. The van der Waals surface area contributed by atoms with Gasteiger partial charge < -0.3 is 14.8 Å². The van der Waals surface area contributed by atoms with E-state index in [9.17, 15) is 4.79 Å². The number of nitrogens with zero attached hydrogens (tertiary/aromatic N) is 4. The van der Waals surface area contributed by atoms with Gasteiger partial charge in [-0.2, -0.15) is 0 Å². The Morgan fingerprint density at radius 3 is 2.60 bits per heavy atom. The fourth-order valence-electron chi connectivity index (χ4n) is 4.43. The van der Waals surface area contributed by atoms with E-state index in [2.05, 4.69) is 15.2 Å². The monoisotopic (exact) mass is 573 g/mol. The van der Waals surface area contributed by atoms with Gasteiger partial charge in [0.1, 0.15) is 33.4 Å². The van der Waals surface area contributed by atoms with Gasteiger partial charge in [0.05, 0.1) is 24.6 Å². The molecular weight excluding hydrogens is 546 g/mol. The molecule has 0 bridgehead atoms. The third-order valence-corrected chi connectivity index (χ3v) is 7.47. The van der Waals surface area contributed by atoms with E-state index in [1.807, 2.05) is 72.8 Å². The van der Waals surface area contributed by atoms with Crippen molar-refractivity contribution in [3.8, 4) is 27.6 Å². The van der Waals surface area contributed by atoms with Crippen molar-refractivity contribution in [2.75, 3.05) is 44.8 Å². The number of aromatic nitrogens is 3. The predicted octanol–water partition coefficient (Wildman–Crippen LogP) is 5.81. The van der Waals surface area contributed by atoms with Crippen molar-refractivity contribution < 1.29 is 14.3 Å². The lowest BCUT2D eigenvalue weighted by Gasteiger charge is -2.26. The van der Waals surface area contributed by atoms with Crippen LogP contribution < -0.4 is 10.1 Å². The largest absolute Gasteiger partial charge is 0.492 e. The average molecular weight is 574 g/mol. The first kappa shape index (κ1) is 27.7. The first-order valence-corrected chi connectivity index (χ1v) is 13.7. The number of hydrogen-bond acceptors (Lipinski definition) is 8. The molecule has 5 aromatic rings. The highest BCUT2D eigenvalue weighted by Crippen LogP contribution is 2.34. The van der Waals surface area contributed by atoms with Crippen molar-refractivity contribution in [1.82, 2.24) is 19.9 Å². The zero-order chi connectivity index (χ0) is 26.4. The molecular formula is C30H28ClN5O3S. The predicted molar refractivity (Wildman–Crippen MR) is 160 cm³/mol. The molecule has 8 nitrogen and oxygen atoms in total. The first-order valence-electron chi connectivity index (χ1n) is 12.9. The molecule has 0 aliphatic carbocycles. The molecule has 2 aromatic carbocycles. The number of pyridine rings is 2. The maximum atomic E-state index is 13.5. The van der Waals surface area contributed by atoms with E-state index in [4.69, 9.17) is 19.4 Å². The zero-order valence-electron chi connectivity index (χ0n) is 21.7. The van der Waals surface area contributed by atoms with Crippen LogP contribution in [-0.4, -0.2) is 65.2 Å². The van der Waals surface area contributed by atoms with Crippen molar-refractivity contribution in [2.24, 2.45) is 0 Å². The van der Waals surface area contributed by atoms with Crippen LogP contribution in [0.25, 0.3) is 32.2 Å². The van der Waals surface area contributed by atoms with Gasteiger partial charge in [0, 0.05) is 49.1 Å². The number of thiazole rings is 1. The first-order chi connectivity index (χ1) is 19.2. The van der Waals surface area contributed by atoms with Crippen LogP contribution in [-0.2, 0) is 4.74 Å². The number of para-hydroxylation sites is 1. The van der Waals surface area contributed by atoms with Crippen LogP contribution in [0.3, 0.4) is 0 Å². The van der Waals surface area contributed by atoms with E-state index >= 15 is 0 Å². The van der Waals surface area contributed by atoms with E-state index in [1.54, 1.807) is 12.3 Å². The minimum Gasteiger partial charge on any atom is -0.492 e. The summed E-state index contributed by atoms with van der Waals surface area (Å²) in [7, 11) is 0. The lowest BCUT2D eigenvalue weighted by atomic mass is 10.1. The van der Waals surface area contributed by atoms with Crippen molar-refractivity contribution in [3.05, 3.63) is 90.8 Å². The Morgan fingerprint density at radius 1 is 0.975 bits per heavy atom. The van der Waals surface area contributed by atoms with E-state index in [1.165, 1.54) is 11.3 Å². The number of amides is 1. The third kappa shape index (κ3) is 6.46. The SMILES string of the molecule is Cl.O=C(Nc1ccccc1-c1nc2cccnc2s1)c1cc(OCCN2CCOCC2)cc(-c2ccccc2)n1. The summed E-state index contributed by atoms with van der Waals surface area (Å²) in [4.78, 5) is 30.5. The minimum absolute atomic E-state index is 0. The summed E-state index contributed by atoms with van der Waals surface area (Å²) >= 11 is 1.49. The van der Waals surface area contributed by atoms with E-state index in [0.29, 0.717) is 23.7 Å². The molecule has 0 spiro atoms. The molecule has 1 aliphatic rings. The second-order valence-electron chi connectivity index (χ2n) is 9.09. The van der Waals surface area contributed by atoms with Crippen molar-refractivity contribution in [3.63, 3.8) is 0 Å². The second-order valence-corrected chi connectivity index (χ2v) is 10.1. The molecule has 0 atom stereocenters. The molecule has 1 aliphatic heterocycles. The summed E-state index contributed by atoms with van der Waals surface area (Å²) in [6.07, 6.45) is 1.75. The van der Waals surface area contributed by atoms with E-state index in [-0.39, 0.29) is 24.0 Å². The van der Waals surface area contributed by atoms with Crippen molar-refractivity contribution in [2.45, 2.75) is 0 Å². The van der Waals surface area contributed by atoms with Crippen LogP contribution in [0, 0.1) is 0 Å². The number of hydrogen-bond donors (Lipinski definition) is 1. The molecule has 1 amide bonds. The van der Waals surface area contributed by atoms with E-state index < -0.39 is 0 Å². The summed E-state index contributed by atoms with van der Waals surface area (Å²) < 4.78 is 11.6. The number of ether oxygens (including phenoxy) is 2. The maximum absolute atomic E-state index is 13.5. The van der Waals surface area contributed by atoms with Crippen LogP contribution in [0.15, 0.2) is 85.1 Å². The Morgan fingerprint density at radius 2 is 1.77 bits per heavy atom. The lowest BCUT2D eigenvalue weighted by molar-refractivity contribution is 0.0322. The number of fused-ring (bicyclic) bond motifs is 1. The number of halogens is 1. The van der Waals surface area contributed by atoms with Crippen molar-refractivity contribution in [1.29, 1.82) is 0 Å². The third-order valence-electron chi connectivity index (χ3n) is 6.45. The molecule has 4 heterocycles. The molecule has 0 radical (unpaired) electrons. The van der Waals surface area contributed by atoms with Gasteiger partial charge in [-0.3, -0.25) is 9.69 Å². The Hall–Kier alpha value is -3.89. The average Bonchev–Trinajstić information content (AvgIpc) is 3.43. The van der Waals surface area contributed by atoms with Gasteiger partial charge in [-0.25, -0.2) is 15.0 Å². The topological polar surface area (TPSA) is 89.5 Å². The maximum Gasteiger partial charge on any atom is 0.274 e. The molecule has 3 aromatic heterocycles. The summed E-state index contributed by atoms with van der Waals surface area (Å²) in [5.74, 6) is 0.283. The molecule has 0 saturated carbocycles. The fraction of sp³-hybridized carbons (Fsp3) is 0.200. The number of nitrogens with one attached hydrogen (secondary N) is 1. The van der Waals surface area contributed by atoms with Crippen LogP contribution in [0.2, 0.25) is 0 Å². The van der Waals surface area contributed by atoms with Crippen LogP contribution >= 0.6 is 23.7 Å². The normalized spacial score (nSPS) is 13.5. The Bertz CT molecular complexity index is 1560. The lowest BCUT2D eigenvalue weighted by Crippen LogP contribution is -2.38. The van der Waals surface area contributed by atoms with Gasteiger partial charge in [-0.05, 0) is 24.3 Å². The van der Waals surface area contributed by atoms with Gasteiger partial charge in [-0.1, -0.05) is 53.8 Å². The van der Waals surface area contributed by atoms with Gasteiger partial charge >= 0.3 is 0 Å². The van der Waals surface area contributed by atoms with Gasteiger partial charge in [0.25, 0.3) is 5.91 Å². The zero-order valence-corrected chi connectivity index (χ0v) is 23.3. The molecule has 1 fully saturated rings. The molecule has 204 valence electrons. The molecule has 0 unspecified atom stereocenters. The molecule has 10 heteroatoms.